The number of rotatable bonds is 4. The second kappa shape index (κ2) is 4.81. The van der Waals surface area contributed by atoms with Gasteiger partial charge in [0.25, 0.3) is 0 Å². The number of nitrogens with zero attached hydrogens (tertiary/aromatic N) is 3. The Bertz CT molecular complexity index is 698. The molecule has 0 unspecified atom stereocenters. The Hall–Kier alpha value is -2.21. The fraction of sp³-hybridized carbons (Fsp3) is 0.154. The summed E-state index contributed by atoms with van der Waals surface area (Å²) < 4.78 is 5.66. The second-order valence-corrected chi connectivity index (χ2v) is 5.09. The van der Waals surface area contributed by atoms with Gasteiger partial charge < -0.3 is 9.72 Å². The normalized spacial score (nSPS) is 10.8. The number of H-pyrrole nitrogens is 1. The Labute approximate surface area is 114 Å². The Balaban J connectivity index is 2.09. The molecular formula is C13H12N4OS. The first kappa shape index (κ1) is 11.9. The van der Waals surface area contributed by atoms with E-state index in [0.29, 0.717) is 6.61 Å². The maximum Gasteiger partial charge on any atom is 0.143 e. The summed E-state index contributed by atoms with van der Waals surface area (Å²) in [6, 6.07) is 0. The minimum Gasteiger partial charge on any atom is -0.488 e. The smallest absolute Gasteiger partial charge is 0.143 e. The number of ether oxygens (including phenoxy) is 1. The number of aryl methyl sites for hydroxylation is 1. The lowest BCUT2D eigenvalue weighted by molar-refractivity contribution is 0.366. The molecule has 5 nitrogen and oxygen atoms in total. The Kier molecular flexibility index (Phi) is 3.00. The van der Waals surface area contributed by atoms with Crippen LogP contribution in [0.3, 0.4) is 0 Å². The van der Waals surface area contributed by atoms with E-state index in [1.54, 1.807) is 29.8 Å². The molecule has 0 aromatic carbocycles. The van der Waals surface area contributed by atoms with Crippen molar-refractivity contribution in [1.82, 2.24) is 20.2 Å². The van der Waals surface area contributed by atoms with Crippen molar-refractivity contribution >= 4 is 22.4 Å². The summed E-state index contributed by atoms with van der Waals surface area (Å²) >= 11 is 1.64. The molecule has 0 bridgehead atoms. The summed E-state index contributed by atoms with van der Waals surface area (Å²) in [5.74, 6) is 1.60. The molecule has 3 heterocycles. The topological polar surface area (TPSA) is 63.7 Å². The summed E-state index contributed by atoms with van der Waals surface area (Å²) in [5, 5.41) is 9.65. The van der Waals surface area contributed by atoms with Crippen LogP contribution in [0.5, 0.6) is 5.75 Å². The van der Waals surface area contributed by atoms with E-state index < -0.39 is 0 Å². The minimum atomic E-state index is 0.479. The van der Waals surface area contributed by atoms with Crippen molar-refractivity contribution in [2.45, 2.75) is 6.92 Å². The average Bonchev–Trinajstić information content (AvgIpc) is 2.99. The van der Waals surface area contributed by atoms with Crippen molar-refractivity contribution in [2.24, 2.45) is 0 Å². The van der Waals surface area contributed by atoms with E-state index in [1.165, 1.54) is 0 Å². The van der Waals surface area contributed by atoms with Gasteiger partial charge in [0.05, 0.1) is 23.5 Å². The fourth-order valence-electron chi connectivity index (χ4n) is 1.87. The number of aromatic nitrogens is 4. The number of nitrogens with one attached hydrogen (secondary N) is 1. The molecule has 3 aromatic rings. The zero-order valence-electron chi connectivity index (χ0n) is 10.4. The SMILES string of the molecule is C=CCOc1csc(C)c1-c1nc2cnncc2[nH]1. The zero-order chi connectivity index (χ0) is 13.2. The summed E-state index contributed by atoms with van der Waals surface area (Å²) in [5.41, 5.74) is 2.65. The van der Waals surface area contributed by atoms with Gasteiger partial charge in [-0.2, -0.15) is 10.2 Å². The predicted octanol–water partition coefficient (Wildman–Crippen LogP) is 2.95. The molecule has 0 radical (unpaired) electrons. The van der Waals surface area contributed by atoms with E-state index >= 15 is 0 Å². The molecule has 0 atom stereocenters. The van der Waals surface area contributed by atoms with E-state index in [2.05, 4.69) is 26.7 Å². The van der Waals surface area contributed by atoms with E-state index in [1.807, 2.05) is 12.3 Å². The first-order valence-corrected chi connectivity index (χ1v) is 6.66. The number of hydrogen-bond acceptors (Lipinski definition) is 5. The molecule has 0 amide bonds. The van der Waals surface area contributed by atoms with Crippen molar-refractivity contribution in [3.63, 3.8) is 0 Å². The van der Waals surface area contributed by atoms with Gasteiger partial charge in [0.1, 0.15) is 23.7 Å². The van der Waals surface area contributed by atoms with E-state index in [4.69, 9.17) is 4.74 Å². The summed E-state index contributed by atoms with van der Waals surface area (Å²) in [4.78, 5) is 8.92. The zero-order valence-corrected chi connectivity index (χ0v) is 11.2. The fourth-order valence-corrected chi connectivity index (χ4v) is 2.65. The lowest BCUT2D eigenvalue weighted by Crippen LogP contribution is -1.94. The third kappa shape index (κ3) is 2.10. The van der Waals surface area contributed by atoms with Crippen molar-refractivity contribution < 1.29 is 4.74 Å². The molecule has 0 aliphatic rings. The third-order valence-electron chi connectivity index (χ3n) is 2.73. The van der Waals surface area contributed by atoms with Crippen LogP contribution in [0, 0.1) is 6.92 Å². The van der Waals surface area contributed by atoms with Gasteiger partial charge in [-0.05, 0) is 6.92 Å². The Morgan fingerprint density at radius 2 is 2.26 bits per heavy atom. The highest BCUT2D eigenvalue weighted by Crippen LogP contribution is 2.37. The summed E-state index contributed by atoms with van der Waals surface area (Å²) in [6.45, 7) is 6.18. The highest BCUT2D eigenvalue weighted by Gasteiger charge is 2.16. The first-order chi connectivity index (χ1) is 9.29. The van der Waals surface area contributed by atoms with Gasteiger partial charge in [0.15, 0.2) is 0 Å². The largest absolute Gasteiger partial charge is 0.488 e. The standard InChI is InChI=1S/C13H12N4OS/c1-3-4-18-11-7-19-8(2)12(11)13-16-9-5-14-15-6-10(9)17-13/h3,5-7H,1,4H2,2H3,(H,16,17). The van der Waals surface area contributed by atoms with Crippen molar-refractivity contribution in [3.8, 4) is 17.1 Å². The van der Waals surface area contributed by atoms with Gasteiger partial charge in [-0.15, -0.1) is 11.3 Å². The van der Waals surface area contributed by atoms with Gasteiger partial charge in [-0.1, -0.05) is 12.7 Å². The lowest BCUT2D eigenvalue weighted by Gasteiger charge is -2.03. The molecule has 0 aliphatic carbocycles. The number of thiophene rings is 1. The lowest BCUT2D eigenvalue weighted by atomic mass is 10.2. The molecule has 0 aliphatic heterocycles. The van der Waals surface area contributed by atoms with Crippen molar-refractivity contribution in [3.05, 3.63) is 35.3 Å². The van der Waals surface area contributed by atoms with Crippen LogP contribution < -0.4 is 4.74 Å². The first-order valence-electron chi connectivity index (χ1n) is 5.78. The van der Waals surface area contributed by atoms with Gasteiger partial charge in [-0.25, -0.2) is 4.98 Å². The average molecular weight is 272 g/mol. The van der Waals surface area contributed by atoms with Crippen LogP contribution in [0.15, 0.2) is 30.4 Å². The molecule has 3 rings (SSSR count). The van der Waals surface area contributed by atoms with E-state index in [9.17, 15) is 0 Å². The molecule has 96 valence electrons. The summed E-state index contributed by atoms with van der Waals surface area (Å²) in [6.07, 6.45) is 5.03. The Morgan fingerprint density at radius 3 is 3.05 bits per heavy atom. The van der Waals surface area contributed by atoms with Crippen LogP contribution in [0.1, 0.15) is 4.88 Å². The van der Waals surface area contributed by atoms with E-state index in [0.717, 1.165) is 33.0 Å². The maximum atomic E-state index is 5.66. The van der Waals surface area contributed by atoms with Crippen LogP contribution in [-0.2, 0) is 0 Å². The maximum absolute atomic E-state index is 5.66. The van der Waals surface area contributed by atoms with Crippen LogP contribution >= 0.6 is 11.3 Å². The highest BCUT2D eigenvalue weighted by atomic mass is 32.1. The molecule has 6 heteroatoms. The molecule has 0 saturated heterocycles. The third-order valence-corrected chi connectivity index (χ3v) is 3.62. The van der Waals surface area contributed by atoms with Crippen molar-refractivity contribution in [2.75, 3.05) is 6.61 Å². The molecule has 1 N–H and O–H groups in total. The molecule has 3 aromatic heterocycles. The van der Waals surface area contributed by atoms with Crippen molar-refractivity contribution in [1.29, 1.82) is 0 Å². The van der Waals surface area contributed by atoms with Crippen LogP contribution in [0.2, 0.25) is 0 Å². The molecule has 19 heavy (non-hydrogen) atoms. The number of imidazole rings is 1. The molecule has 0 saturated carbocycles. The van der Waals surface area contributed by atoms with Gasteiger partial charge in [0.2, 0.25) is 0 Å². The minimum absolute atomic E-state index is 0.479. The van der Waals surface area contributed by atoms with Gasteiger partial charge in [-0.3, -0.25) is 0 Å². The highest BCUT2D eigenvalue weighted by molar-refractivity contribution is 7.10. The number of hydrogen-bond donors (Lipinski definition) is 1. The predicted molar refractivity (Wildman–Crippen MR) is 75.4 cm³/mol. The van der Waals surface area contributed by atoms with E-state index in [-0.39, 0.29) is 0 Å². The number of aromatic amines is 1. The molecular weight excluding hydrogens is 260 g/mol. The van der Waals surface area contributed by atoms with Crippen LogP contribution in [-0.4, -0.2) is 26.8 Å². The van der Waals surface area contributed by atoms with Gasteiger partial charge >= 0.3 is 0 Å². The molecule has 0 spiro atoms. The molecule has 0 fully saturated rings. The summed E-state index contributed by atoms with van der Waals surface area (Å²) in [7, 11) is 0. The number of fused-ring (bicyclic) bond motifs is 1. The second-order valence-electron chi connectivity index (χ2n) is 4.00. The Morgan fingerprint density at radius 1 is 1.42 bits per heavy atom. The van der Waals surface area contributed by atoms with Gasteiger partial charge in [0, 0.05) is 10.3 Å². The quantitative estimate of drug-likeness (QED) is 0.742. The van der Waals surface area contributed by atoms with Crippen LogP contribution in [0.25, 0.3) is 22.4 Å². The monoisotopic (exact) mass is 272 g/mol. The van der Waals surface area contributed by atoms with Crippen LogP contribution in [0.4, 0.5) is 0 Å².